The summed E-state index contributed by atoms with van der Waals surface area (Å²) in [4.78, 5) is 10.2. The smallest absolute Gasteiger partial charge is 0.231 e. The highest BCUT2D eigenvalue weighted by atomic mass is 16.3. The van der Waals surface area contributed by atoms with Gasteiger partial charge in [0.2, 0.25) is 11.9 Å². The standard InChI is InChI=1S/C22H24N5O/c1-5-26(4)20-15-22-19(13-16(20)2)25-18-8-7-17(14-21(18)28-22)27(11-6-9-23)12-10-24-3/h7-8,13-15H,5-6,10-12H2,1-2,4H3/q+1. The molecule has 28 heavy (non-hydrogen) atoms. The normalized spacial score (nSPS) is 11.9. The molecule has 0 unspecified atom stereocenters. The molecule has 6 nitrogen and oxygen atoms in total. The number of anilines is 1. The fraction of sp³-hybridized carbons (Fsp3) is 0.364. The first-order chi connectivity index (χ1) is 13.6. The highest BCUT2D eigenvalue weighted by molar-refractivity contribution is 5.80. The third-order valence-corrected chi connectivity index (χ3v) is 4.91. The number of nitriles is 1. The number of hydrogen-bond donors (Lipinski definition) is 0. The van der Waals surface area contributed by atoms with Crippen molar-refractivity contribution in [2.24, 2.45) is 0 Å². The van der Waals surface area contributed by atoms with E-state index in [0.717, 1.165) is 40.1 Å². The molecule has 0 saturated carbocycles. The maximum atomic E-state index is 8.92. The summed E-state index contributed by atoms with van der Waals surface area (Å²) in [6.45, 7) is 13.7. The van der Waals surface area contributed by atoms with E-state index in [0.29, 0.717) is 31.6 Å². The number of aromatic nitrogens is 1. The number of benzene rings is 2. The molecule has 0 bridgehead atoms. The van der Waals surface area contributed by atoms with Crippen LogP contribution in [-0.4, -0.2) is 38.2 Å². The number of aryl methyl sites for hydroxylation is 1. The maximum Gasteiger partial charge on any atom is 0.231 e. The lowest BCUT2D eigenvalue weighted by molar-refractivity contribution is 0.608. The number of rotatable bonds is 6. The van der Waals surface area contributed by atoms with Gasteiger partial charge in [0.1, 0.15) is 24.8 Å². The van der Waals surface area contributed by atoms with Crippen molar-refractivity contribution in [2.75, 3.05) is 38.1 Å². The molecular weight excluding hydrogens is 350 g/mol. The second-order valence-electron chi connectivity index (χ2n) is 6.76. The molecule has 0 fully saturated rings. The van der Waals surface area contributed by atoms with E-state index in [1.807, 2.05) is 29.2 Å². The van der Waals surface area contributed by atoms with Gasteiger partial charge >= 0.3 is 0 Å². The molecule has 0 N–H and O–H groups in total. The SMILES string of the molecule is [C-]#[N+]CCN(CCC#N)c1ccc2nc3cc(C)c(=[N+](C)CC)cc-3oc2c1. The van der Waals surface area contributed by atoms with Gasteiger partial charge in [-0.15, -0.1) is 0 Å². The molecule has 1 aromatic carbocycles. The van der Waals surface area contributed by atoms with Gasteiger partial charge in [-0.25, -0.2) is 16.1 Å². The molecule has 1 heterocycles. The minimum Gasteiger partial charge on any atom is -0.452 e. The van der Waals surface area contributed by atoms with Crippen molar-refractivity contribution in [3.8, 4) is 17.5 Å². The summed E-state index contributed by atoms with van der Waals surface area (Å²) in [5.41, 5.74) is 4.42. The Morgan fingerprint density at radius 3 is 2.82 bits per heavy atom. The van der Waals surface area contributed by atoms with Crippen molar-refractivity contribution >= 4 is 16.8 Å². The van der Waals surface area contributed by atoms with Crippen LogP contribution in [-0.2, 0) is 0 Å². The Kier molecular flexibility index (Phi) is 5.91. The van der Waals surface area contributed by atoms with Crippen LogP contribution < -0.4 is 14.8 Å². The summed E-state index contributed by atoms with van der Waals surface area (Å²) in [5, 5.41) is 10.0. The maximum absolute atomic E-state index is 8.92. The van der Waals surface area contributed by atoms with Crippen LogP contribution in [0.3, 0.4) is 0 Å². The van der Waals surface area contributed by atoms with Crippen molar-refractivity contribution in [3.63, 3.8) is 0 Å². The summed E-state index contributed by atoms with van der Waals surface area (Å²) >= 11 is 0. The summed E-state index contributed by atoms with van der Waals surface area (Å²) < 4.78 is 8.37. The van der Waals surface area contributed by atoms with E-state index < -0.39 is 0 Å². The molecule has 0 spiro atoms. The van der Waals surface area contributed by atoms with Gasteiger partial charge in [-0.3, -0.25) is 0 Å². The van der Waals surface area contributed by atoms with Gasteiger partial charge in [0.15, 0.2) is 11.3 Å². The first kappa shape index (κ1) is 19.4. The highest BCUT2D eigenvalue weighted by Crippen LogP contribution is 2.27. The summed E-state index contributed by atoms with van der Waals surface area (Å²) in [7, 11) is 2.06. The lowest BCUT2D eigenvalue weighted by Gasteiger charge is -2.21. The minimum atomic E-state index is 0.391. The van der Waals surface area contributed by atoms with Crippen LogP contribution >= 0.6 is 0 Å². The van der Waals surface area contributed by atoms with Crippen molar-refractivity contribution in [1.29, 1.82) is 5.26 Å². The van der Waals surface area contributed by atoms with E-state index in [4.69, 9.17) is 21.2 Å². The molecule has 2 aliphatic rings. The monoisotopic (exact) mass is 374 g/mol. The van der Waals surface area contributed by atoms with E-state index >= 15 is 0 Å². The molecule has 3 rings (SSSR count). The Balaban J connectivity index is 2.11. The highest BCUT2D eigenvalue weighted by Gasteiger charge is 2.15. The quantitative estimate of drug-likeness (QED) is 0.377. The Labute approximate surface area is 165 Å². The molecule has 1 aliphatic carbocycles. The minimum absolute atomic E-state index is 0.391. The second kappa shape index (κ2) is 8.54. The summed E-state index contributed by atoms with van der Waals surface area (Å²) in [5.74, 6) is 0.746. The number of fused-ring (bicyclic) bond motifs is 2. The molecule has 0 saturated heterocycles. The predicted octanol–water partition coefficient (Wildman–Crippen LogP) is 3.30. The van der Waals surface area contributed by atoms with Gasteiger partial charge in [0, 0.05) is 23.9 Å². The van der Waals surface area contributed by atoms with Gasteiger partial charge in [-0.2, -0.15) is 5.26 Å². The lowest BCUT2D eigenvalue weighted by Crippen LogP contribution is -2.28. The van der Waals surface area contributed by atoms with Crippen molar-refractivity contribution in [3.05, 3.63) is 52.7 Å². The Hall–Kier alpha value is -3.38. The Morgan fingerprint density at radius 2 is 2.11 bits per heavy atom. The van der Waals surface area contributed by atoms with Gasteiger partial charge in [0.05, 0.1) is 25.1 Å². The van der Waals surface area contributed by atoms with E-state index in [1.54, 1.807) is 0 Å². The first-order valence-electron chi connectivity index (χ1n) is 9.42. The number of nitrogens with zero attached hydrogens (tertiary/aromatic N) is 5. The van der Waals surface area contributed by atoms with E-state index in [1.165, 1.54) is 0 Å². The Bertz CT molecular complexity index is 1100. The van der Waals surface area contributed by atoms with E-state index in [-0.39, 0.29) is 0 Å². The zero-order valence-corrected chi connectivity index (χ0v) is 16.6. The lowest BCUT2D eigenvalue weighted by atomic mass is 10.1. The second-order valence-corrected chi connectivity index (χ2v) is 6.76. The molecule has 0 amide bonds. The van der Waals surface area contributed by atoms with Crippen LogP contribution in [0, 0.1) is 24.8 Å². The van der Waals surface area contributed by atoms with Gasteiger partial charge in [0.25, 0.3) is 0 Å². The van der Waals surface area contributed by atoms with Crippen molar-refractivity contribution in [1.82, 2.24) is 9.56 Å². The van der Waals surface area contributed by atoms with Crippen LogP contribution in [0.2, 0.25) is 0 Å². The van der Waals surface area contributed by atoms with Gasteiger partial charge < -0.3 is 14.2 Å². The van der Waals surface area contributed by atoms with Crippen LogP contribution in [0.4, 0.5) is 5.69 Å². The third-order valence-electron chi connectivity index (χ3n) is 4.91. The average Bonchev–Trinajstić information content (AvgIpc) is 2.71. The van der Waals surface area contributed by atoms with Crippen LogP contribution in [0.15, 0.2) is 34.7 Å². The molecule has 0 aromatic heterocycles. The Morgan fingerprint density at radius 1 is 1.29 bits per heavy atom. The predicted molar refractivity (Wildman–Crippen MR) is 111 cm³/mol. The number of hydrogen-bond acceptors (Lipinski definition) is 4. The zero-order valence-electron chi connectivity index (χ0n) is 16.6. The summed E-state index contributed by atoms with van der Waals surface area (Å²) in [6.07, 6.45) is 0.412. The molecule has 142 valence electrons. The zero-order chi connectivity index (χ0) is 20.1. The topological polar surface area (TPSA) is 60.4 Å². The van der Waals surface area contributed by atoms with Crippen LogP contribution in [0.25, 0.3) is 27.4 Å². The van der Waals surface area contributed by atoms with E-state index in [9.17, 15) is 0 Å². The molecule has 0 atom stereocenters. The largest absolute Gasteiger partial charge is 0.452 e. The van der Waals surface area contributed by atoms with Crippen LogP contribution in [0.5, 0.6) is 0 Å². The molecule has 6 heteroatoms. The molecule has 0 radical (unpaired) electrons. The van der Waals surface area contributed by atoms with Gasteiger partial charge in [-0.05, 0) is 32.0 Å². The third kappa shape index (κ3) is 3.97. The van der Waals surface area contributed by atoms with E-state index in [2.05, 4.69) is 42.5 Å². The fourth-order valence-corrected chi connectivity index (χ4v) is 3.26. The van der Waals surface area contributed by atoms with Crippen molar-refractivity contribution in [2.45, 2.75) is 20.3 Å². The fourth-order valence-electron chi connectivity index (χ4n) is 3.26. The molecule has 1 aliphatic heterocycles. The van der Waals surface area contributed by atoms with Crippen LogP contribution in [0.1, 0.15) is 18.9 Å². The molecule has 1 aromatic rings. The van der Waals surface area contributed by atoms with Gasteiger partial charge in [-0.1, -0.05) is 0 Å². The average molecular weight is 374 g/mol. The summed E-state index contributed by atoms with van der Waals surface area (Å²) in [6, 6.07) is 12.1. The molecular formula is C22H24N5O+. The first-order valence-corrected chi connectivity index (χ1v) is 9.42. The van der Waals surface area contributed by atoms with Crippen molar-refractivity contribution < 1.29 is 4.42 Å².